The molecule has 2 fully saturated rings. The third-order valence-electron chi connectivity index (χ3n) is 5.53. The van der Waals surface area contributed by atoms with Crippen LogP contribution in [0.2, 0.25) is 0 Å². The van der Waals surface area contributed by atoms with Crippen LogP contribution in [0.15, 0.2) is 39.7 Å². The van der Waals surface area contributed by atoms with Crippen molar-refractivity contribution in [1.82, 2.24) is 9.80 Å². The van der Waals surface area contributed by atoms with E-state index in [-0.39, 0.29) is 17.4 Å². The number of nitrogens with zero attached hydrogens (tertiary/aromatic N) is 2. The van der Waals surface area contributed by atoms with E-state index in [0.717, 1.165) is 35.1 Å². The van der Waals surface area contributed by atoms with Crippen LogP contribution in [-0.4, -0.2) is 59.6 Å². The molecular formula is C23H22N2O6S. The van der Waals surface area contributed by atoms with Gasteiger partial charge >= 0.3 is 5.97 Å². The molecule has 1 aromatic heterocycles. The van der Waals surface area contributed by atoms with Gasteiger partial charge in [0, 0.05) is 24.7 Å². The molecule has 2 aromatic rings. The Morgan fingerprint density at radius 2 is 1.91 bits per heavy atom. The van der Waals surface area contributed by atoms with E-state index >= 15 is 0 Å². The summed E-state index contributed by atoms with van der Waals surface area (Å²) in [5.41, 5.74) is 1.87. The van der Waals surface area contributed by atoms with E-state index in [1.165, 1.54) is 13.2 Å². The molecule has 2 aliphatic heterocycles. The Morgan fingerprint density at radius 1 is 1.16 bits per heavy atom. The van der Waals surface area contributed by atoms with Crippen LogP contribution in [0.1, 0.15) is 34.5 Å². The van der Waals surface area contributed by atoms with Crippen LogP contribution in [0.25, 0.3) is 17.4 Å². The molecule has 0 bridgehead atoms. The maximum absolute atomic E-state index is 12.7. The van der Waals surface area contributed by atoms with Gasteiger partial charge in [-0.15, -0.1) is 0 Å². The molecule has 8 nitrogen and oxygen atoms in total. The van der Waals surface area contributed by atoms with Gasteiger partial charge in [-0.2, -0.15) is 0 Å². The molecule has 32 heavy (non-hydrogen) atoms. The fourth-order valence-electron chi connectivity index (χ4n) is 3.78. The summed E-state index contributed by atoms with van der Waals surface area (Å²) in [4.78, 5) is 52.2. The molecular weight excluding hydrogens is 432 g/mol. The third kappa shape index (κ3) is 4.20. The average Bonchev–Trinajstić information content (AvgIpc) is 3.52. The molecule has 0 atom stereocenters. The Kier molecular flexibility index (Phi) is 6.18. The first-order valence-electron chi connectivity index (χ1n) is 10.2. The SMILES string of the molecule is COC(=O)c1cccc(-c2ccc(C=C3SC(=O)N(CC(=O)N4CCCC4)C3=O)o2)c1C. The second-order valence-corrected chi connectivity index (χ2v) is 8.52. The summed E-state index contributed by atoms with van der Waals surface area (Å²) in [5.74, 6) is -0.253. The Balaban J connectivity index is 1.52. The molecule has 3 amide bonds. The maximum atomic E-state index is 12.7. The Morgan fingerprint density at radius 3 is 2.62 bits per heavy atom. The van der Waals surface area contributed by atoms with Gasteiger partial charge < -0.3 is 14.1 Å². The lowest BCUT2D eigenvalue weighted by atomic mass is 10.0. The molecule has 0 spiro atoms. The monoisotopic (exact) mass is 454 g/mol. The summed E-state index contributed by atoms with van der Waals surface area (Å²) in [7, 11) is 1.32. The van der Waals surface area contributed by atoms with Crippen molar-refractivity contribution in [2.24, 2.45) is 0 Å². The van der Waals surface area contributed by atoms with Crippen molar-refractivity contribution >= 4 is 40.9 Å². The molecule has 0 radical (unpaired) electrons. The number of hydrogen-bond acceptors (Lipinski definition) is 7. The number of esters is 1. The lowest BCUT2D eigenvalue weighted by Gasteiger charge is -2.18. The number of furan rings is 1. The van der Waals surface area contributed by atoms with Crippen LogP contribution in [0, 0.1) is 6.92 Å². The molecule has 2 saturated heterocycles. The van der Waals surface area contributed by atoms with E-state index in [2.05, 4.69) is 0 Å². The summed E-state index contributed by atoms with van der Waals surface area (Å²) in [6, 6.07) is 8.65. The fraction of sp³-hybridized carbons (Fsp3) is 0.304. The second-order valence-electron chi connectivity index (χ2n) is 7.53. The van der Waals surface area contributed by atoms with Crippen molar-refractivity contribution < 1.29 is 28.3 Å². The largest absolute Gasteiger partial charge is 0.465 e. The highest BCUT2D eigenvalue weighted by Gasteiger charge is 2.37. The van der Waals surface area contributed by atoms with Gasteiger partial charge in [0.25, 0.3) is 11.1 Å². The first-order valence-corrected chi connectivity index (χ1v) is 11.0. The summed E-state index contributed by atoms with van der Waals surface area (Å²) in [6.07, 6.45) is 3.38. The first-order chi connectivity index (χ1) is 15.4. The second kappa shape index (κ2) is 9.04. The zero-order valence-corrected chi connectivity index (χ0v) is 18.6. The van der Waals surface area contributed by atoms with Crippen molar-refractivity contribution in [1.29, 1.82) is 0 Å². The molecule has 9 heteroatoms. The predicted molar refractivity (Wildman–Crippen MR) is 119 cm³/mol. The van der Waals surface area contributed by atoms with Crippen LogP contribution < -0.4 is 0 Å². The van der Waals surface area contributed by atoms with Crippen molar-refractivity contribution in [2.45, 2.75) is 19.8 Å². The number of rotatable bonds is 5. The number of likely N-dealkylation sites (tertiary alicyclic amines) is 1. The quantitative estimate of drug-likeness (QED) is 0.502. The van der Waals surface area contributed by atoms with E-state index in [4.69, 9.17) is 9.15 Å². The van der Waals surface area contributed by atoms with Gasteiger partial charge in [-0.05, 0) is 55.3 Å². The van der Waals surface area contributed by atoms with Gasteiger partial charge in [-0.1, -0.05) is 12.1 Å². The number of ether oxygens (including phenoxy) is 1. The summed E-state index contributed by atoms with van der Waals surface area (Å²) < 4.78 is 10.7. The standard InChI is InChI=1S/C23H22N2O6S/c1-14-16(6-5-7-17(14)22(28)30-2)18-9-8-15(31-18)12-19-21(27)25(23(29)32-19)13-20(26)24-10-3-4-11-24/h5-9,12H,3-4,10-11,13H2,1-2H3. The van der Waals surface area contributed by atoms with Crippen LogP contribution in [-0.2, 0) is 14.3 Å². The number of carbonyl (C=O) groups is 4. The zero-order valence-electron chi connectivity index (χ0n) is 17.8. The van der Waals surface area contributed by atoms with E-state index in [0.29, 0.717) is 35.7 Å². The minimum atomic E-state index is -0.505. The molecule has 1 aromatic carbocycles. The smallest absolute Gasteiger partial charge is 0.338 e. The number of thioether (sulfide) groups is 1. The minimum Gasteiger partial charge on any atom is -0.465 e. The zero-order chi connectivity index (χ0) is 22.8. The van der Waals surface area contributed by atoms with Gasteiger partial charge in [0.1, 0.15) is 18.1 Å². The lowest BCUT2D eigenvalue weighted by molar-refractivity contribution is -0.135. The number of amides is 3. The molecule has 0 aliphatic carbocycles. The Bertz CT molecular complexity index is 1130. The summed E-state index contributed by atoms with van der Waals surface area (Å²) >= 11 is 0.785. The van der Waals surface area contributed by atoms with Crippen LogP contribution in [0.5, 0.6) is 0 Å². The van der Waals surface area contributed by atoms with E-state index in [9.17, 15) is 19.2 Å². The minimum absolute atomic E-state index is 0.199. The van der Waals surface area contributed by atoms with Crippen LogP contribution in [0.4, 0.5) is 4.79 Å². The van der Waals surface area contributed by atoms with Gasteiger partial charge in [0.2, 0.25) is 5.91 Å². The van der Waals surface area contributed by atoms with E-state index in [1.807, 2.05) is 6.07 Å². The highest BCUT2D eigenvalue weighted by atomic mass is 32.2. The lowest BCUT2D eigenvalue weighted by Crippen LogP contribution is -2.40. The number of imide groups is 1. The molecule has 4 rings (SSSR count). The van der Waals surface area contributed by atoms with Crippen molar-refractivity contribution in [2.75, 3.05) is 26.7 Å². The highest BCUT2D eigenvalue weighted by molar-refractivity contribution is 8.18. The molecule has 2 aliphatic rings. The highest BCUT2D eigenvalue weighted by Crippen LogP contribution is 2.34. The number of benzene rings is 1. The van der Waals surface area contributed by atoms with Gasteiger partial charge in [0.05, 0.1) is 17.6 Å². The van der Waals surface area contributed by atoms with Crippen molar-refractivity contribution in [3.05, 3.63) is 52.1 Å². The molecule has 3 heterocycles. The van der Waals surface area contributed by atoms with Crippen LogP contribution in [0.3, 0.4) is 0 Å². The number of carbonyl (C=O) groups excluding carboxylic acids is 4. The third-order valence-corrected chi connectivity index (χ3v) is 6.44. The fourth-order valence-corrected chi connectivity index (χ4v) is 4.59. The Hall–Kier alpha value is -3.33. The Labute approximate surface area is 189 Å². The maximum Gasteiger partial charge on any atom is 0.338 e. The van der Waals surface area contributed by atoms with Crippen LogP contribution >= 0.6 is 11.8 Å². The summed E-state index contributed by atoms with van der Waals surface area (Å²) in [5, 5.41) is -0.470. The van der Waals surface area contributed by atoms with Gasteiger partial charge in [-0.25, -0.2) is 4.79 Å². The molecule has 0 N–H and O–H groups in total. The van der Waals surface area contributed by atoms with Crippen molar-refractivity contribution in [3.8, 4) is 11.3 Å². The van der Waals surface area contributed by atoms with Gasteiger partial charge in [-0.3, -0.25) is 19.3 Å². The molecule has 0 unspecified atom stereocenters. The molecule has 166 valence electrons. The van der Waals surface area contributed by atoms with Crippen molar-refractivity contribution in [3.63, 3.8) is 0 Å². The normalized spacial score (nSPS) is 17.5. The number of hydrogen-bond donors (Lipinski definition) is 0. The molecule has 0 saturated carbocycles. The average molecular weight is 455 g/mol. The van der Waals surface area contributed by atoms with E-state index < -0.39 is 17.1 Å². The summed E-state index contributed by atoms with van der Waals surface area (Å²) in [6.45, 7) is 2.88. The number of methoxy groups -OCH3 is 1. The van der Waals surface area contributed by atoms with E-state index in [1.54, 1.807) is 36.1 Å². The first kappa shape index (κ1) is 21.9. The van der Waals surface area contributed by atoms with Gasteiger partial charge in [0.15, 0.2) is 0 Å². The predicted octanol–water partition coefficient (Wildman–Crippen LogP) is 3.70. The topological polar surface area (TPSA) is 97.1 Å².